The molecule has 0 aliphatic rings. The van der Waals surface area contributed by atoms with Gasteiger partial charge in [-0.25, -0.2) is 4.98 Å². The van der Waals surface area contributed by atoms with Crippen molar-refractivity contribution in [3.63, 3.8) is 0 Å². The van der Waals surface area contributed by atoms with Gasteiger partial charge in [-0.3, -0.25) is 0 Å². The minimum atomic E-state index is 0.503. The van der Waals surface area contributed by atoms with E-state index >= 15 is 0 Å². The van der Waals surface area contributed by atoms with Crippen molar-refractivity contribution in [3.05, 3.63) is 10.6 Å². The predicted molar refractivity (Wildman–Crippen MR) is 77.1 cm³/mol. The first-order valence-corrected chi connectivity index (χ1v) is 7.34. The van der Waals surface area contributed by atoms with Gasteiger partial charge in [-0.05, 0) is 26.3 Å². The van der Waals surface area contributed by atoms with Crippen LogP contribution in [-0.2, 0) is 6.54 Å². The molecule has 0 unspecified atom stereocenters. The fraction of sp³-hybridized carbons (Fsp3) is 0.769. The van der Waals surface area contributed by atoms with Crippen LogP contribution >= 0.6 is 11.3 Å². The van der Waals surface area contributed by atoms with Crippen LogP contribution in [0.5, 0.6) is 0 Å². The molecule has 3 nitrogen and oxygen atoms in total. The summed E-state index contributed by atoms with van der Waals surface area (Å²) < 4.78 is 0. The Hall–Kier alpha value is -0.610. The molecular weight excluding hydrogens is 230 g/mol. The summed E-state index contributed by atoms with van der Waals surface area (Å²) >= 11 is 1.84. The summed E-state index contributed by atoms with van der Waals surface area (Å²) in [6.45, 7) is 11.9. The molecule has 98 valence electrons. The molecule has 0 amide bonds. The first-order chi connectivity index (χ1) is 8.13. The summed E-state index contributed by atoms with van der Waals surface area (Å²) in [7, 11) is 1.99. The molecule has 0 aliphatic carbocycles. The highest BCUT2D eigenvalue weighted by Crippen LogP contribution is 2.30. The zero-order chi connectivity index (χ0) is 12.8. The Kier molecular flexibility index (Phi) is 5.92. The smallest absolute Gasteiger partial charge is 0.185 e. The third-order valence-electron chi connectivity index (χ3n) is 2.75. The Labute approximate surface area is 109 Å². The Morgan fingerprint density at radius 3 is 2.53 bits per heavy atom. The van der Waals surface area contributed by atoms with E-state index in [0.29, 0.717) is 5.92 Å². The molecule has 4 heteroatoms. The highest BCUT2D eigenvalue weighted by atomic mass is 32.1. The van der Waals surface area contributed by atoms with Crippen LogP contribution in [0.3, 0.4) is 0 Å². The molecular formula is C13H25N3S. The van der Waals surface area contributed by atoms with Gasteiger partial charge in [0.2, 0.25) is 0 Å². The van der Waals surface area contributed by atoms with Crippen molar-refractivity contribution >= 4 is 16.5 Å². The minimum absolute atomic E-state index is 0.503. The van der Waals surface area contributed by atoms with Crippen molar-refractivity contribution in [1.29, 1.82) is 0 Å². The summed E-state index contributed by atoms with van der Waals surface area (Å²) in [5.41, 5.74) is 1.26. The van der Waals surface area contributed by atoms with Crippen LogP contribution in [0.25, 0.3) is 0 Å². The molecule has 0 atom stereocenters. The average Bonchev–Trinajstić information content (AvgIpc) is 2.70. The van der Waals surface area contributed by atoms with Gasteiger partial charge in [0.05, 0.1) is 5.69 Å². The summed E-state index contributed by atoms with van der Waals surface area (Å²) in [5.74, 6) is 0.503. The first kappa shape index (κ1) is 14.5. The number of nitrogens with zero attached hydrogens (tertiary/aromatic N) is 2. The van der Waals surface area contributed by atoms with E-state index in [-0.39, 0.29) is 0 Å². The monoisotopic (exact) mass is 255 g/mol. The Balaban J connectivity index is 2.96. The van der Waals surface area contributed by atoms with Crippen LogP contribution in [0.2, 0.25) is 0 Å². The maximum absolute atomic E-state index is 4.82. The van der Waals surface area contributed by atoms with Crippen molar-refractivity contribution in [2.45, 2.75) is 46.6 Å². The first-order valence-electron chi connectivity index (χ1n) is 6.53. The second-order valence-electron chi connectivity index (χ2n) is 4.57. The number of hydrogen-bond acceptors (Lipinski definition) is 4. The lowest BCUT2D eigenvalue weighted by Gasteiger charge is -2.18. The Bertz CT molecular complexity index is 333. The molecule has 0 saturated carbocycles. The number of nitrogens with one attached hydrogen (secondary N) is 1. The normalized spacial score (nSPS) is 11.2. The zero-order valence-corrected chi connectivity index (χ0v) is 12.5. The largest absolute Gasteiger partial charge is 0.348 e. The molecule has 0 fully saturated rings. The van der Waals surface area contributed by atoms with Crippen LogP contribution in [-0.4, -0.2) is 25.1 Å². The molecule has 0 aliphatic heterocycles. The number of rotatable bonds is 7. The van der Waals surface area contributed by atoms with Crippen molar-refractivity contribution in [2.75, 3.05) is 25.0 Å². The quantitative estimate of drug-likeness (QED) is 0.811. The minimum Gasteiger partial charge on any atom is -0.348 e. The molecule has 1 rings (SSSR count). The second-order valence-corrected chi connectivity index (χ2v) is 5.63. The SMILES string of the molecule is CCCN(CC)c1nc(C(C)C)c(CNC)s1. The van der Waals surface area contributed by atoms with E-state index in [1.807, 2.05) is 18.4 Å². The molecule has 0 radical (unpaired) electrons. The van der Waals surface area contributed by atoms with Gasteiger partial charge in [0.1, 0.15) is 0 Å². The Morgan fingerprint density at radius 1 is 1.35 bits per heavy atom. The van der Waals surface area contributed by atoms with Gasteiger partial charge in [-0.1, -0.05) is 20.8 Å². The molecule has 0 saturated heterocycles. The van der Waals surface area contributed by atoms with Crippen LogP contribution in [0.1, 0.15) is 50.6 Å². The van der Waals surface area contributed by atoms with Gasteiger partial charge in [-0.2, -0.15) is 0 Å². The van der Waals surface area contributed by atoms with Crippen molar-refractivity contribution in [1.82, 2.24) is 10.3 Å². The van der Waals surface area contributed by atoms with E-state index < -0.39 is 0 Å². The van der Waals surface area contributed by atoms with Crippen molar-refractivity contribution < 1.29 is 0 Å². The maximum atomic E-state index is 4.82. The van der Waals surface area contributed by atoms with E-state index in [2.05, 4.69) is 37.9 Å². The van der Waals surface area contributed by atoms with Crippen LogP contribution < -0.4 is 10.2 Å². The lowest BCUT2D eigenvalue weighted by Crippen LogP contribution is -2.23. The molecule has 1 N–H and O–H groups in total. The molecule has 1 aromatic rings. The van der Waals surface area contributed by atoms with Crippen molar-refractivity contribution in [2.24, 2.45) is 0 Å². The van der Waals surface area contributed by atoms with Crippen molar-refractivity contribution in [3.8, 4) is 0 Å². The van der Waals surface area contributed by atoms with Crippen LogP contribution in [0.15, 0.2) is 0 Å². The summed E-state index contributed by atoms with van der Waals surface area (Å²) in [6.07, 6.45) is 1.17. The third-order valence-corrected chi connectivity index (χ3v) is 3.88. The molecule has 17 heavy (non-hydrogen) atoms. The average molecular weight is 255 g/mol. The van der Waals surface area contributed by atoms with Crippen LogP contribution in [0, 0.1) is 0 Å². The predicted octanol–water partition coefficient (Wildman–Crippen LogP) is 3.22. The number of anilines is 1. The van der Waals surface area contributed by atoms with E-state index in [0.717, 1.165) is 19.6 Å². The third kappa shape index (κ3) is 3.68. The van der Waals surface area contributed by atoms with E-state index in [9.17, 15) is 0 Å². The van der Waals surface area contributed by atoms with Gasteiger partial charge < -0.3 is 10.2 Å². The molecule has 1 heterocycles. The fourth-order valence-electron chi connectivity index (χ4n) is 1.88. The fourth-order valence-corrected chi connectivity index (χ4v) is 3.20. The summed E-state index contributed by atoms with van der Waals surface area (Å²) in [4.78, 5) is 8.57. The van der Waals surface area contributed by atoms with E-state index in [1.54, 1.807) is 0 Å². The van der Waals surface area contributed by atoms with Gasteiger partial charge >= 0.3 is 0 Å². The van der Waals surface area contributed by atoms with Gasteiger partial charge in [-0.15, -0.1) is 11.3 Å². The van der Waals surface area contributed by atoms with Gasteiger partial charge in [0.15, 0.2) is 5.13 Å². The zero-order valence-electron chi connectivity index (χ0n) is 11.7. The number of thiazole rings is 1. The van der Waals surface area contributed by atoms with Gasteiger partial charge in [0, 0.05) is 24.5 Å². The Morgan fingerprint density at radius 2 is 2.06 bits per heavy atom. The van der Waals surface area contributed by atoms with Gasteiger partial charge in [0.25, 0.3) is 0 Å². The lowest BCUT2D eigenvalue weighted by molar-refractivity contribution is 0.757. The molecule has 0 bridgehead atoms. The maximum Gasteiger partial charge on any atom is 0.185 e. The highest BCUT2D eigenvalue weighted by molar-refractivity contribution is 7.15. The number of aromatic nitrogens is 1. The van der Waals surface area contributed by atoms with E-state index in [4.69, 9.17) is 4.98 Å². The second kappa shape index (κ2) is 6.97. The summed E-state index contributed by atoms with van der Waals surface area (Å²) in [6, 6.07) is 0. The van der Waals surface area contributed by atoms with E-state index in [1.165, 1.54) is 22.1 Å². The lowest BCUT2D eigenvalue weighted by atomic mass is 10.1. The summed E-state index contributed by atoms with van der Waals surface area (Å²) in [5, 5.41) is 4.42. The highest BCUT2D eigenvalue weighted by Gasteiger charge is 2.16. The molecule has 0 spiro atoms. The van der Waals surface area contributed by atoms with Crippen LogP contribution in [0.4, 0.5) is 5.13 Å². The number of hydrogen-bond donors (Lipinski definition) is 1. The molecule has 1 aromatic heterocycles. The molecule has 0 aromatic carbocycles. The topological polar surface area (TPSA) is 28.2 Å². The standard InChI is InChI=1S/C13H25N3S/c1-6-8-16(7-2)13-15-12(10(3)4)11(17-13)9-14-5/h10,14H,6-9H2,1-5H3.